The summed E-state index contributed by atoms with van der Waals surface area (Å²) in [5, 5.41) is 4.42. The number of halogens is 3. The predicted molar refractivity (Wildman–Crippen MR) is 107 cm³/mol. The fourth-order valence-electron chi connectivity index (χ4n) is 2.40. The maximum absolute atomic E-state index is 12.6. The number of amides is 1. The van der Waals surface area contributed by atoms with Crippen LogP contribution >= 0.6 is 46.1 Å². The lowest BCUT2D eigenvalue weighted by atomic mass is 10.2. The second kappa shape index (κ2) is 7.38. The van der Waals surface area contributed by atoms with Crippen LogP contribution < -0.4 is 11.1 Å². The molecule has 0 spiro atoms. The molecule has 2 heterocycles. The summed E-state index contributed by atoms with van der Waals surface area (Å²) in [5.41, 5.74) is 7.90. The van der Waals surface area contributed by atoms with Crippen molar-refractivity contribution < 1.29 is 4.79 Å². The van der Waals surface area contributed by atoms with Gasteiger partial charge in [-0.3, -0.25) is 4.79 Å². The molecule has 0 bridgehead atoms. The Labute approximate surface area is 163 Å². The number of nitrogens with one attached hydrogen (secondary N) is 1. The van der Waals surface area contributed by atoms with Gasteiger partial charge in [-0.1, -0.05) is 48.1 Å². The molecular formula is C17H14Cl3N3OS. The third-order valence-corrected chi connectivity index (χ3v) is 5.77. The number of benzene rings is 1. The van der Waals surface area contributed by atoms with E-state index in [0.29, 0.717) is 31.3 Å². The smallest absolute Gasteiger partial charge is 0.267 e. The summed E-state index contributed by atoms with van der Waals surface area (Å²) >= 11 is 19.3. The van der Waals surface area contributed by atoms with Gasteiger partial charge < -0.3 is 11.1 Å². The van der Waals surface area contributed by atoms with E-state index < -0.39 is 0 Å². The molecule has 0 aliphatic heterocycles. The van der Waals surface area contributed by atoms with Crippen LogP contribution in [0, 0.1) is 0 Å². The second-order valence-corrected chi connectivity index (χ2v) is 7.67. The van der Waals surface area contributed by atoms with Gasteiger partial charge in [0.15, 0.2) is 0 Å². The topological polar surface area (TPSA) is 68.0 Å². The highest BCUT2D eigenvalue weighted by Gasteiger charge is 2.19. The Morgan fingerprint density at radius 1 is 1.20 bits per heavy atom. The first-order valence-corrected chi connectivity index (χ1v) is 9.49. The Kier molecular flexibility index (Phi) is 5.39. The maximum Gasteiger partial charge on any atom is 0.267 e. The van der Waals surface area contributed by atoms with Crippen molar-refractivity contribution in [2.75, 3.05) is 11.1 Å². The molecule has 1 aromatic carbocycles. The van der Waals surface area contributed by atoms with Crippen LogP contribution in [0.5, 0.6) is 0 Å². The summed E-state index contributed by atoms with van der Waals surface area (Å²) < 4.78 is 0. The molecule has 2 aromatic heterocycles. The molecule has 0 saturated carbocycles. The van der Waals surface area contributed by atoms with Gasteiger partial charge >= 0.3 is 0 Å². The van der Waals surface area contributed by atoms with E-state index in [1.54, 1.807) is 0 Å². The number of carbonyl (C=O) groups is 1. The van der Waals surface area contributed by atoms with E-state index in [4.69, 9.17) is 40.5 Å². The van der Waals surface area contributed by atoms with Crippen molar-refractivity contribution in [1.29, 1.82) is 0 Å². The van der Waals surface area contributed by atoms with Crippen molar-refractivity contribution >= 4 is 73.6 Å². The van der Waals surface area contributed by atoms with Crippen LogP contribution in [0.15, 0.2) is 24.3 Å². The Balaban J connectivity index is 1.94. The fourth-order valence-corrected chi connectivity index (χ4v) is 4.00. The SMILES string of the molecule is CCCc1ccc2c(N)c(C(=O)Nc3cc(Cl)c(Cl)cc3Cl)sc2n1. The van der Waals surface area contributed by atoms with Gasteiger partial charge in [0.1, 0.15) is 9.71 Å². The zero-order chi connectivity index (χ0) is 18.1. The Hall–Kier alpha value is -1.53. The van der Waals surface area contributed by atoms with Crippen LogP contribution in [0.2, 0.25) is 15.1 Å². The maximum atomic E-state index is 12.6. The van der Waals surface area contributed by atoms with Crippen molar-refractivity contribution in [1.82, 2.24) is 4.98 Å². The van der Waals surface area contributed by atoms with Gasteiger partial charge in [0.25, 0.3) is 5.91 Å². The average molecular weight is 415 g/mol. The minimum Gasteiger partial charge on any atom is -0.397 e. The lowest BCUT2D eigenvalue weighted by Gasteiger charge is -2.08. The highest BCUT2D eigenvalue weighted by molar-refractivity contribution is 7.21. The van der Waals surface area contributed by atoms with E-state index in [1.165, 1.54) is 23.5 Å². The molecule has 0 atom stereocenters. The average Bonchev–Trinajstić information content (AvgIpc) is 2.89. The number of rotatable bonds is 4. The summed E-state index contributed by atoms with van der Waals surface area (Å²) in [4.78, 5) is 18.3. The lowest BCUT2D eigenvalue weighted by Crippen LogP contribution is -2.12. The van der Waals surface area contributed by atoms with Crippen LogP contribution in [0.25, 0.3) is 10.2 Å². The van der Waals surface area contributed by atoms with Crippen molar-refractivity contribution in [2.24, 2.45) is 0 Å². The molecule has 4 nitrogen and oxygen atoms in total. The third kappa shape index (κ3) is 3.70. The number of nitrogens with two attached hydrogens (primary N) is 1. The number of pyridine rings is 1. The number of nitrogens with zero attached hydrogens (tertiary/aromatic N) is 1. The van der Waals surface area contributed by atoms with Gasteiger partial charge in [-0.25, -0.2) is 4.98 Å². The number of fused-ring (bicyclic) bond motifs is 1. The molecule has 25 heavy (non-hydrogen) atoms. The van der Waals surface area contributed by atoms with Crippen LogP contribution in [-0.2, 0) is 6.42 Å². The first-order valence-electron chi connectivity index (χ1n) is 7.54. The normalized spacial score (nSPS) is 11.0. The van der Waals surface area contributed by atoms with E-state index in [-0.39, 0.29) is 5.91 Å². The van der Waals surface area contributed by atoms with Gasteiger partial charge in [-0.05, 0) is 30.7 Å². The molecule has 0 fully saturated rings. The lowest BCUT2D eigenvalue weighted by molar-refractivity contribution is 0.103. The highest BCUT2D eigenvalue weighted by atomic mass is 35.5. The van der Waals surface area contributed by atoms with Crippen LogP contribution in [0.4, 0.5) is 11.4 Å². The van der Waals surface area contributed by atoms with Crippen LogP contribution in [-0.4, -0.2) is 10.9 Å². The number of nitrogen functional groups attached to an aromatic ring is 1. The van der Waals surface area contributed by atoms with E-state index in [9.17, 15) is 4.79 Å². The zero-order valence-corrected chi connectivity index (χ0v) is 16.3. The molecule has 3 N–H and O–H groups in total. The van der Waals surface area contributed by atoms with Crippen molar-refractivity contribution in [3.63, 3.8) is 0 Å². The van der Waals surface area contributed by atoms with Crippen LogP contribution in [0.1, 0.15) is 28.7 Å². The predicted octanol–water partition coefficient (Wildman–Crippen LogP) is 6.04. The van der Waals surface area contributed by atoms with Gasteiger partial charge in [0.05, 0.1) is 26.4 Å². The third-order valence-electron chi connectivity index (χ3n) is 3.62. The molecule has 130 valence electrons. The number of hydrogen-bond acceptors (Lipinski definition) is 4. The van der Waals surface area contributed by atoms with E-state index in [0.717, 1.165) is 28.8 Å². The number of hydrogen-bond donors (Lipinski definition) is 2. The standard InChI is InChI=1S/C17H14Cl3N3OS/c1-2-3-8-4-5-9-14(21)15(25-17(9)22-8)16(24)23-13-7-11(19)10(18)6-12(13)20/h4-7H,2-3,21H2,1H3,(H,23,24). The summed E-state index contributed by atoms with van der Waals surface area (Å²) in [5.74, 6) is -0.363. The molecule has 8 heteroatoms. The van der Waals surface area contributed by atoms with E-state index in [1.807, 2.05) is 12.1 Å². The quantitative estimate of drug-likeness (QED) is 0.511. The number of carbonyl (C=O) groups excluding carboxylic acids is 1. The minimum absolute atomic E-state index is 0.297. The second-order valence-electron chi connectivity index (χ2n) is 5.45. The Morgan fingerprint density at radius 2 is 1.92 bits per heavy atom. The number of anilines is 2. The summed E-state index contributed by atoms with van der Waals surface area (Å²) in [7, 11) is 0. The molecule has 1 amide bonds. The van der Waals surface area contributed by atoms with Gasteiger partial charge in [0.2, 0.25) is 0 Å². The molecule has 3 rings (SSSR count). The van der Waals surface area contributed by atoms with Crippen molar-refractivity contribution in [3.8, 4) is 0 Å². The first kappa shape index (κ1) is 18.3. The molecule has 0 radical (unpaired) electrons. The molecular weight excluding hydrogens is 401 g/mol. The van der Waals surface area contributed by atoms with Crippen LogP contribution in [0.3, 0.4) is 0 Å². The molecule has 0 aliphatic rings. The van der Waals surface area contributed by atoms with E-state index in [2.05, 4.69) is 17.2 Å². The largest absolute Gasteiger partial charge is 0.397 e. The number of aromatic nitrogens is 1. The monoisotopic (exact) mass is 413 g/mol. The van der Waals surface area contributed by atoms with E-state index >= 15 is 0 Å². The number of aryl methyl sites for hydroxylation is 1. The zero-order valence-electron chi connectivity index (χ0n) is 13.2. The van der Waals surface area contributed by atoms with Crippen molar-refractivity contribution in [3.05, 3.63) is 49.9 Å². The van der Waals surface area contributed by atoms with Gasteiger partial charge in [-0.2, -0.15) is 0 Å². The highest BCUT2D eigenvalue weighted by Crippen LogP contribution is 2.35. The Morgan fingerprint density at radius 3 is 2.64 bits per heavy atom. The fraction of sp³-hybridized carbons (Fsp3) is 0.176. The summed E-state index contributed by atoms with van der Waals surface area (Å²) in [6, 6.07) is 6.83. The van der Waals surface area contributed by atoms with Gasteiger partial charge in [0, 0.05) is 11.1 Å². The molecule has 3 aromatic rings. The molecule has 0 aliphatic carbocycles. The molecule has 0 unspecified atom stereocenters. The van der Waals surface area contributed by atoms with Gasteiger partial charge in [-0.15, -0.1) is 11.3 Å². The van der Waals surface area contributed by atoms with Crippen molar-refractivity contribution in [2.45, 2.75) is 19.8 Å². The summed E-state index contributed by atoms with van der Waals surface area (Å²) in [6.45, 7) is 2.09. The molecule has 0 saturated heterocycles. The summed E-state index contributed by atoms with van der Waals surface area (Å²) in [6.07, 6.45) is 1.89. The first-order chi connectivity index (χ1) is 11.9. The minimum atomic E-state index is -0.363. The Bertz CT molecular complexity index is 971. The number of thiophene rings is 1.